The molecule has 142 valence electrons. The molecular formula is C16H18BrF3N4OS. The standard InChI is InChI=1S/C16H18BrF3N4OS/c1-10-13(17)14(16(18,19)20)23-24(10)9-5-8-21-15(26)22-11-6-3-4-7-12(11)25-2/h3-4,6-7H,5,8-9H2,1-2H3,(H2,21,22,26). The van der Waals surface area contributed by atoms with Crippen molar-refractivity contribution in [3.63, 3.8) is 0 Å². The van der Waals surface area contributed by atoms with Gasteiger partial charge in [-0.05, 0) is 53.6 Å². The molecule has 0 aliphatic carbocycles. The molecule has 0 aliphatic heterocycles. The summed E-state index contributed by atoms with van der Waals surface area (Å²) in [5.74, 6) is 0.661. The Kier molecular flexibility index (Phi) is 6.87. The van der Waals surface area contributed by atoms with Crippen LogP contribution in [-0.2, 0) is 12.7 Å². The topological polar surface area (TPSA) is 51.1 Å². The first-order chi connectivity index (χ1) is 12.2. The second-order valence-electron chi connectivity index (χ2n) is 5.40. The van der Waals surface area contributed by atoms with Gasteiger partial charge in [0.1, 0.15) is 5.75 Å². The van der Waals surface area contributed by atoms with Gasteiger partial charge in [0, 0.05) is 13.1 Å². The van der Waals surface area contributed by atoms with Gasteiger partial charge in [-0.1, -0.05) is 12.1 Å². The number of nitrogens with zero attached hydrogens (tertiary/aromatic N) is 2. The maximum Gasteiger partial charge on any atom is 0.436 e. The van der Waals surface area contributed by atoms with E-state index >= 15 is 0 Å². The van der Waals surface area contributed by atoms with Crippen LogP contribution < -0.4 is 15.4 Å². The van der Waals surface area contributed by atoms with Gasteiger partial charge < -0.3 is 15.4 Å². The summed E-state index contributed by atoms with van der Waals surface area (Å²) in [5, 5.41) is 10.1. The summed E-state index contributed by atoms with van der Waals surface area (Å²) < 4.78 is 45.1. The fourth-order valence-corrected chi connectivity index (χ4v) is 2.99. The van der Waals surface area contributed by atoms with Crippen LogP contribution in [0, 0.1) is 6.92 Å². The molecule has 1 heterocycles. The van der Waals surface area contributed by atoms with Crippen molar-refractivity contribution in [1.82, 2.24) is 15.1 Å². The molecule has 10 heteroatoms. The van der Waals surface area contributed by atoms with Gasteiger partial charge in [-0.2, -0.15) is 18.3 Å². The summed E-state index contributed by atoms with van der Waals surface area (Å²) in [6, 6.07) is 7.34. The Bertz CT molecular complexity index is 779. The molecule has 26 heavy (non-hydrogen) atoms. The summed E-state index contributed by atoms with van der Waals surface area (Å²) >= 11 is 8.17. The second-order valence-corrected chi connectivity index (χ2v) is 6.60. The molecule has 5 nitrogen and oxygen atoms in total. The monoisotopic (exact) mass is 450 g/mol. The lowest BCUT2D eigenvalue weighted by Crippen LogP contribution is -2.30. The zero-order chi connectivity index (χ0) is 19.3. The van der Waals surface area contributed by atoms with E-state index < -0.39 is 11.9 Å². The first kappa shape index (κ1) is 20.5. The van der Waals surface area contributed by atoms with E-state index in [-0.39, 0.29) is 4.47 Å². The summed E-state index contributed by atoms with van der Waals surface area (Å²) in [6.07, 6.45) is -3.92. The van der Waals surface area contributed by atoms with E-state index in [4.69, 9.17) is 17.0 Å². The number of anilines is 1. The minimum Gasteiger partial charge on any atom is -0.495 e. The first-order valence-electron chi connectivity index (χ1n) is 7.72. The number of aryl methyl sites for hydroxylation is 1. The Labute approximate surface area is 163 Å². The van der Waals surface area contributed by atoms with E-state index in [1.54, 1.807) is 14.0 Å². The first-order valence-corrected chi connectivity index (χ1v) is 8.92. The smallest absolute Gasteiger partial charge is 0.436 e. The lowest BCUT2D eigenvalue weighted by atomic mass is 10.3. The molecule has 2 rings (SSSR count). The number of alkyl halides is 3. The van der Waals surface area contributed by atoms with E-state index in [1.165, 1.54) is 4.68 Å². The molecule has 0 atom stereocenters. The number of hydrogen-bond acceptors (Lipinski definition) is 3. The summed E-state index contributed by atoms with van der Waals surface area (Å²) in [6.45, 7) is 2.41. The van der Waals surface area contributed by atoms with Crippen LogP contribution in [0.3, 0.4) is 0 Å². The molecule has 1 aromatic heterocycles. The highest BCUT2D eigenvalue weighted by Gasteiger charge is 2.37. The van der Waals surface area contributed by atoms with E-state index in [0.717, 1.165) is 5.69 Å². The second kappa shape index (κ2) is 8.72. The van der Waals surface area contributed by atoms with Gasteiger partial charge in [-0.25, -0.2) is 0 Å². The van der Waals surface area contributed by atoms with Crippen molar-refractivity contribution in [3.8, 4) is 5.75 Å². The molecule has 0 unspecified atom stereocenters. The Morgan fingerprint density at radius 3 is 2.65 bits per heavy atom. The van der Waals surface area contributed by atoms with Crippen LogP contribution >= 0.6 is 28.1 Å². The minimum atomic E-state index is -4.48. The van der Waals surface area contributed by atoms with Crippen molar-refractivity contribution < 1.29 is 17.9 Å². The predicted molar refractivity (Wildman–Crippen MR) is 102 cm³/mol. The summed E-state index contributed by atoms with van der Waals surface area (Å²) in [4.78, 5) is 0. The highest BCUT2D eigenvalue weighted by atomic mass is 79.9. The van der Waals surface area contributed by atoms with Crippen LogP contribution in [-0.4, -0.2) is 28.5 Å². The van der Waals surface area contributed by atoms with Gasteiger partial charge in [0.2, 0.25) is 0 Å². The molecule has 0 bridgehead atoms. The molecule has 1 aromatic carbocycles. The number of rotatable bonds is 6. The Balaban J connectivity index is 1.85. The fraction of sp³-hybridized carbons (Fsp3) is 0.375. The average Bonchev–Trinajstić information content (AvgIpc) is 2.87. The number of aromatic nitrogens is 2. The molecule has 0 aliphatic rings. The Morgan fingerprint density at radius 1 is 1.35 bits per heavy atom. The highest BCUT2D eigenvalue weighted by Crippen LogP contribution is 2.35. The minimum absolute atomic E-state index is 0.0219. The number of para-hydroxylation sites is 2. The molecular weight excluding hydrogens is 433 g/mol. The van der Waals surface area contributed by atoms with Crippen LogP contribution in [0.25, 0.3) is 0 Å². The third kappa shape index (κ3) is 5.10. The van der Waals surface area contributed by atoms with Gasteiger partial charge in [0.05, 0.1) is 23.0 Å². The van der Waals surface area contributed by atoms with Crippen LogP contribution in [0.1, 0.15) is 17.8 Å². The van der Waals surface area contributed by atoms with E-state index in [0.29, 0.717) is 36.1 Å². The fourth-order valence-electron chi connectivity index (χ4n) is 2.27. The van der Waals surface area contributed by atoms with Gasteiger partial charge in [0.25, 0.3) is 0 Å². The van der Waals surface area contributed by atoms with Crippen molar-refractivity contribution in [2.24, 2.45) is 0 Å². The summed E-state index contributed by atoms with van der Waals surface area (Å²) in [7, 11) is 1.57. The number of benzene rings is 1. The van der Waals surface area contributed by atoms with Crippen molar-refractivity contribution in [2.75, 3.05) is 19.0 Å². The van der Waals surface area contributed by atoms with Crippen molar-refractivity contribution >= 4 is 38.9 Å². The predicted octanol–water partition coefficient (Wildman–Crippen LogP) is 4.36. The number of methoxy groups -OCH3 is 1. The Hall–Kier alpha value is -1.81. The zero-order valence-corrected chi connectivity index (χ0v) is 16.6. The third-order valence-corrected chi connectivity index (χ3v) is 4.79. The molecule has 0 amide bonds. The van der Waals surface area contributed by atoms with Gasteiger partial charge >= 0.3 is 6.18 Å². The molecule has 0 radical (unpaired) electrons. The molecule has 2 N–H and O–H groups in total. The van der Waals surface area contributed by atoms with Gasteiger partial charge in [0.15, 0.2) is 10.8 Å². The third-order valence-electron chi connectivity index (χ3n) is 3.59. The summed E-state index contributed by atoms with van der Waals surface area (Å²) in [5.41, 5.74) is 0.262. The maximum absolute atomic E-state index is 12.9. The van der Waals surface area contributed by atoms with E-state index in [2.05, 4.69) is 31.7 Å². The van der Waals surface area contributed by atoms with Crippen molar-refractivity contribution in [1.29, 1.82) is 0 Å². The quantitative estimate of drug-likeness (QED) is 0.505. The lowest BCUT2D eigenvalue weighted by Gasteiger charge is -2.13. The van der Waals surface area contributed by atoms with Gasteiger partial charge in [-0.3, -0.25) is 4.68 Å². The van der Waals surface area contributed by atoms with Crippen LogP contribution in [0.4, 0.5) is 18.9 Å². The van der Waals surface area contributed by atoms with E-state index in [1.807, 2.05) is 24.3 Å². The largest absolute Gasteiger partial charge is 0.495 e. The lowest BCUT2D eigenvalue weighted by molar-refractivity contribution is -0.142. The molecule has 0 spiro atoms. The normalized spacial score (nSPS) is 11.3. The van der Waals surface area contributed by atoms with Crippen molar-refractivity contribution in [2.45, 2.75) is 26.1 Å². The highest BCUT2D eigenvalue weighted by molar-refractivity contribution is 9.10. The zero-order valence-electron chi connectivity index (χ0n) is 14.2. The van der Waals surface area contributed by atoms with Gasteiger partial charge in [-0.15, -0.1) is 0 Å². The van der Waals surface area contributed by atoms with Crippen LogP contribution in [0.15, 0.2) is 28.7 Å². The molecule has 0 fully saturated rings. The molecule has 2 aromatic rings. The average molecular weight is 451 g/mol. The number of halogens is 4. The Morgan fingerprint density at radius 2 is 2.04 bits per heavy atom. The van der Waals surface area contributed by atoms with Crippen LogP contribution in [0.2, 0.25) is 0 Å². The number of hydrogen-bond donors (Lipinski definition) is 2. The number of thiocarbonyl (C=S) groups is 1. The maximum atomic E-state index is 12.9. The molecule has 0 saturated heterocycles. The SMILES string of the molecule is COc1ccccc1NC(=S)NCCCn1nc(C(F)(F)F)c(Br)c1C. The number of ether oxygens (including phenoxy) is 1. The number of nitrogens with one attached hydrogen (secondary N) is 2. The van der Waals surface area contributed by atoms with Crippen LogP contribution in [0.5, 0.6) is 5.75 Å². The van der Waals surface area contributed by atoms with Crippen molar-refractivity contribution in [3.05, 3.63) is 40.1 Å². The van der Waals surface area contributed by atoms with E-state index in [9.17, 15) is 13.2 Å². The molecule has 0 saturated carbocycles.